The molecule has 0 spiro atoms. The molecule has 0 aliphatic carbocycles. The zero-order valence-corrected chi connectivity index (χ0v) is 19.5. The Balaban J connectivity index is 2.04. The van der Waals surface area contributed by atoms with E-state index in [-0.39, 0.29) is 12.5 Å². The number of hydrogen-bond acceptors (Lipinski definition) is 3. The van der Waals surface area contributed by atoms with Gasteiger partial charge in [0, 0.05) is 17.1 Å². The number of carbonyl (C=O) groups excluding carboxylic acids is 1. The lowest BCUT2D eigenvalue weighted by molar-refractivity contribution is 0.0946. The first kappa shape index (κ1) is 24.2. The summed E-state index contributed by atoms with van der Waals surface area (Å²) in [6, 6.07) is 13.7. The molecule has 2 aromatic rings. The fraction of sp³-hybridized carbons (Fsp3) is 0.435. The fourth-order valence-electron chi connectivity index (χ4n) is 3.22. The van der Waals surface area contributed by atoms with Crippen LogP contribution in [0.25, 0.3) is 0 Å². The molecule has 1 amide bonds. The average Bonchev–Trinajstić information content (AvgIpc) is 2.72. The second-order valence-electron chi connectivity index (χ2n) is 7.57. The van der Waals surface area contributed by atoms with Gasteiger partial charge in [0.2, 0.25) is 10.0 Å². The van der Waals surface area contributed by atoms with Crippen LogP contribution in [0.3, 0.4) is 0 Å². The van der Waals surface area contributed by atoms with Crippen LogP contribution in [0.1, 0.15) is 55.5 Å². The van der Waals surface area contributed by atoms with Gasteiger partial charge in [0.1, 0.15) is 0 Å². The molecule has 0 bridgehead atoms. The van der Waals surface area contributed by atoms with Gasteiger partial charge in [-0.3, -0.25) is 9.10 Å². The lowest BCUT2D eigenvalue weighted by Crippen LogP contribution is -2.30. The van der Waals surface area contributed by atoms with E-state index in [1.807, 2.05) is 0 Å². The lowest BCUT2D eigenvalue weighted by Gasteiger charge is -2.22. The number of halogens is 1. The fourth-order valence-corrected chi connectivity index (χ4v) is 4.23. The van der Waals surface area contributed by atoms with E-state index in [2.05, 4.69) is 19.2 Å². The van der Waals surface area contributed by atoms with Crippen molar-refractivity contribution in [1.29, 1.82) is 0 Å². The highest BCUT2D eigenvalue weighted by molar-refractivity contribution is 7.92. The molecule has 5 nitrogen and oxygen atoms in total. The minimum absolute atomic E-state index is 0.103. The first-order chi connectivity index (χ1) is 14.2. The number of carbonyl (C=O) groups is 1. The molecule has 0 saturated heterocycles. The minimum Gasteiger partial charge on any atom is -0.352 e. The zero-order chi connectivity index (χ0) is 22.1. The maximum absolute atomic E-state index is 12.5. The van der Waals surface area contributed by atoms with Crippen LogP contribution in [0.5, 0.6) is 0 Å². The molecule has 1 N–H and O–H groups in total. The SMILES string of the molecule is CCCCC(CC)CNC(=O)c1ccc(CN(c2ccc(Cl)cc2)S(C)(=O)=O)cc1. The Bertz CT molecular complexity index is 912. The predicted octanol–water partition coefficient (Wildman–Crippen LogP) is 5.25. The molecule has 7 heteroatoms. The Kier molecular flexibility index (Phi) is 9.18. The molecule has 1 atom stereocenters. The Labute approximate surface area is 185 Å². The molecule has 2 rings (SSSR count). The summed E-state index contributed by atoms with van der Waals surface area (Å²) >= 11 is 5.91. The largest absolute Gasteiger partial charge is 0.352 e. The van der Waals surface area contributed by atoms with Gasteiger partial charge in [0.25, 0.3) is 5.91 Å². The molecule has 0 fully saturated rings. The number of nitrogens with one attached hydrogen (secondary N) is 1. The molecule has 1 unspecified atom stereocenters. The number of sulfonamides is 1. The summed E-state index contributed by atoms with van der Waals surface area (Å²) in [5.41, 5.74) is 1.91. The van der Waals surface area contributed by atoms with Crippen molar-refractivity contribution in [1.82, 2.24) is 5.32 Å². The molecule has 0 saturated carbocycles. The molecule has 0 aliphatic rings. The van der Waals surface area contributed by atoms with Crippen LogP contribution in [0.4, 0.5) is 5.69 Å². The topological polar surface area (TPSA) is 66.5 Å². The highest BCUT2D eigenvalue weighted by Gasteiger charge is 2.18. The van der Waals surface area contributed by atoms with E-state index in [1.54, 1.807) is 48.5 Å². The number of anilines is 1. The summed E-state index contributed by atoms with van der Waals surface area (Å²) in [6.07, 6.45) is 5.68. The molecule has 164 valence electrons. The first-order valence-corrected chi connectivity index (χ1v) is 12.6. The first-order valence-electron chi connectivity index (χ1n) is 10.3. The summed E-state index contributed by atoms with van der Waals surface area (Å²) in [5, 5.41) is 3.56. The Morgan fingerprint density at radius 2 is 1.70 bits per heavy atom. The minimum atomic E-state index is -3.47. The number of amides is 1. The molecule has 0 radical (unpaired) electrons. The Hall–Kier alpha value is -2.05. The summed E-state index contributed by atoms with van der Waals surface area (Å²) in [4.78, 5) is 12.5. The summed E-state index contributed by atoms with van der Waals surface area (Å²) in [5.74, 6) is 0.394. The number of benzene rings is 2. The van der Waals surface area contributed by atoms with Gasteiger partial charge in [0.15, 0.2) is 0 Å². The van der Waals surface area contributed by atoms with Crippen LogP contribution < -0.4 is 9.62 Å². The zero-order valence-electron chi connectivity index (χ0n) is 17.9. The van der Waals surface area contributed by atoms with Gasteiger partial charge in [-0.25, -0.2) is 8.42 Å². The van der Waals surface area contributed by atoms with Gasteiger partial charge in [-0.15, -0.1) is 0 Å². The van der Waals surface area contributed by atoms with Gasteiger partial charge in [0.05, 0.1) is 18.5 Å². The monoisotopic (exact) mass is 450 g/mol. The third-order valence-corrected chi connectivity index (χ3v) is 6.54. The highest BCUT2D eigenvalue weighted by Crippen LogP contribution is 2.23. The molecular weight excluding hydrogens is 420 g/mol. The van der Waals surface area contributed by atoms with Crippen molar-refractivity contribution in [2.75, 3.05) is 17.1 Å². The van der Waals surface area contributed by atoms with Gasteiger partial charge in [-0.1, -0.05) is 56.8 Å². The van der Waals surface area contributed by atoms with Crippen molar-refractivity contribution in [2.24, 2.45) is 5.92 Å². The van der Waals surface area contributed by atoms with E-state index in [1.165, 1.54) is 17.0 Å². The molecule has 0 aliphatic heterocycles. The Morgan fingerprint density at radius 1 is 1.07 bits per heavy atom. The van der Waals surface area contributed by atoms with E-state index < -0.39 is 10.0 Å². The second kappa shape index (κ2) is 11.4. The normalized spacial score (nSPS) is 12.4. The lowest BCUT2D eigenvalue weighted by atomic mass is 9.99. The van der Waals surface area contributed by atoms with Crippen LogP contribution in [0.15, 0.2) is 48.5 Å². The number of nitrogens with zero attached hydrogens (tertiary/aromatic N) is 1. The van der Waals surface area contributed by atoms with Crippen molar-refractivity contribution in [3.63, 3.8) is 0 Å². The van der Waals surface area contributed by atoms with Crippen molar-refractivity contribution < 1.29 is 13.2 Å². The predicted molar refractivity (Wildman–Crippen MR) is 125 cm³/mol. The van der Waals surface area contributed by atoms with E-state index in [0.717, 1.165) is 24.8 Å². The molecule has 0 heterocycles. The quantitative estimate of drug-likeness (QED) is 0.508. The third-order valence-electron chi connectivity index (χ3n) is 5.15. The van der Waals surface area contributed by atoms with Crippen LogP contribution >= 0.6 is 11.6 Å². The van der Waals surface area contributed by atoms with E-state index in [4.69, 9.17) is 11.6 Å². The van der Waals surface area contributed by atoms with Crippen LogP contribution in [0, 0.1) is 5.92 Å². The van der Waals surface area contributed by atoms with E-state index in [0.29, 0.717) is 28.7 Å². The second-order valence-corrected chi connectivity index (χ2v) is 9.91. The van der Waals surface area contributed by atoms with E-state index in [9.17, 15) is 13.2 Å². The molecule has 0 aromatic heterocycles. The van der Waals surface area contributed by atoms with Crippen LogP contribution in [0.2, 0.25) is 5.02 Å². The van der Waals surface area contributed by atoms with Crippen LogP contribution in [-0.4, -0.2) is 27.1 Å². The third kappa shape index (κ3) is 7.33. The summed E-state index contributed by atoms with van der Waals surface area (Å²) in [6.45, 7) is 5.17. The van der Waals surface area contributed by atoms with Crippen molar-refractivity contribution in [3.8, 4) is 0 Å². The maximum atomic E-state index is 12.5. The van der Waals surface area contributed by atoms with Crippen molar-refractivity contribution >= 4 is 33.2 Å². The summed E-state index contributed by atoms with van der Waals surface area (Å²) in [7, 11) is -3.47. The van der Waals surface area contributed by atoms with Gasteiger partial charge < -0.3 is 5.32 Å². The maximum Gasteiger partial charge on any atom is 0.251 e. The van der Waals surface area contributed by atoms with Crippen LogP contribution in [-0.2, 0) is 16.6 Å². The highest BCUT2D eigenvalue weighted by atomic mass is 35.5. The molecule has 2 aromatic carbocycles. The average molecular weight is 451 g/mol. The smallest absolute Gasteiger partial charge is 0.251 e. The van der Waals surface area contributed by atoms with E-state index >= 15 is 0 Å². The number of rotatable bonds is 11. The van der Waals surface area contributed by atoms with Crippen molar-refractivity contribution in [3.05, 3.63) is 64.7 Å². The van der Waals surface area contributed by atoms with Gasteiger partial charge >= 0.3 is 0 Å². The number of hydrogen-bond donors (Lipinski definition) is 1. The standard InChI is InChI=1S/C23H31ClN2O3S/c1-4-6-7-18(5-2)16-25-23(27)20-10-8-19(9-11-20)17-26(30(3,28)29)22-14-12-21(24)13-15-22/h8-15,18H,4-7,16-17H2,1-3H3,(H,25,27). The molecule has 30 heavy (non-hydrogen) atoms. The van der Waals surface area contributed by atoms with Crippen molar-refractivity contribution in [2.45, 2.75) is 46.1 Å². The van der Waals surface area contributed by atoms with Gasteiger partial charge in [-0.05, 0) is 54.3 Å². The summed E-state index contributed by atoms with van der Waals surface area (Å²) < 4.78 is 25.9. The Morgan fingerprint density at radius 3 is 2.23 bits per heavy atom. The number of unbranched alkanes of at least 4 members (excludes halogenated alkanes) is 1. The molecular formula is C23H31ClN2O3S. The van der Waals surface area contributed by atoms with Gasteiger partial charge in [-0.2, -0.15) is 0 Å².